The van der Waals surface area contributed by atoms with Crippen LogP contribution in [-0.2, 0) is 0 Å². The normalized spacial score (nSPS) is 10.6. The largest absolute Gasteiger partial charge is 0.318 e. The lowest BCUT2D eigenvalue weighted by Gasteiger charge is -2.07. The smallest absolute Gasteiger partial charge is 0.276 e. The molecule has 3 aromatic rings. The van der Waals surface area contributed by atoms with E-state index in [-0.39, 0.29) is 11.4 Å². The molecule has 0 fully saturated rings. The number of fused-ring (bicyclic) bond motifs is 1. The second-order valence-electron chi connectivity index (χ2n) is 4.53. The Bertz CT molecular complexity index is 937. The predicted octanol–water partition coefficient (Wildman–Crippen LogP) is 2.45. The van der Waals surface area contributed by atoms with Crippen molar-refractivity contribution in [3.8, 4) is 0 Å². The van der Waals surface area contributed by atoms with E-state index in [1.54, 1.807) is 24.3 Å². The van der Waals surface area contributed by atoms with Crippen LogP contribution in [0.5, 0.6) is 0 Å². The first kappa shape index (κ1) is 13.9. The van der Waals surface area contributed by atoms with Gasteiger partial charge in [0.15, 0.2) is 5.69 Å². The number of benzene rings is 2. The van der Waals surface area contributed by atoms with Crippen LogP contribution in [-0.4, -0.2) is 16.1 Å². The highest BCUT2D eigenvalue weighted by molar-refractivity contribution is 6.11. The number of aromatic amines is 1. The number of aromatic nitrogens is 2. The summed E-state index contributed by atoms with van der Waals surface area (Å²) in [5, 5.41) is 8.85. The highest BCUT2D eigenvalue weighted by Crippen LogP contribution is 2.18. The number of hydrogen-bond acceptors (Lipinski definition) is 3. The van der Waals surface area contributed by atoms with Gasteiger partial charge < -0.3 is 5.32 Å². The topological polar surface area (TPSA) is 74.8 Å². The van der Waals surface area contributed by atoms with Crippen molar-refractivity contribution in [1.82, 2.24) is 10.2 Å². The molecule has 22 heavy (non-hydrogen) atoms. The Labute approximate surface area is 122 Å². The van der Waals surface area contributed by atoms with E-state index in [0.717, 1.165) is 12.1 Å². The van der Waals surface area contributed by atoms with Gasteiger partial charge in [0.25, 0.3) is 11.5 Å². The Hall–Kier alpha value is -3.09. The molecule has 0 radical (unpaired) electrons. The Morgan fingerprint density at radius 3 is 2.55 bits per heavy atom. The summed E-state index contributed by atoms with van der Waals surface area (Å²) < 4.78 is 26.4. The zero-order valence-corrected chi connectivity index (χ0v) is 11.1. The van der Waals surface area contributed by atoms with Crippen LogP contribution in [0.15, 0.2) is 47.3 Å². The maximum absolute atomic E-state index is 13.6. The highest BCUT2D eigenvalue weighted by atomic mass is 19.1. The van der Waals surface area contributed by atoms with E-state index in [4.69, 9.17) is 0 Å². The lowest BCUT2D eigenvalue weighted by Crippen LogP contribution is -2.19. The van der Waals surface area contributed by atoms with Gasteiger partial charge in [0, 0.05) is 11.5 Å². The molecule has 0 aliphatic rings. The van der Waals surface area contributed by atoms with Crippen LogP contribution in [0.2, 0.25) is 0 Å². The van der Waals surface area contributed by atoms with Crippen LogP contribution in [0, 0.1) is 11.6 Å². The van der Waals surface area contributed by atoms with Gasteiger partial charge in [-0.2, -0.15) is 5.10 Å². The second kappa shape index (κ2) is 5.36. The molecule has 110 valence electrons. The van der Waals surface area contributed by atoms with E-state index in [1.807, 2.05) is 0 Å². The molecule has 1 aromatic heterocycles. The van der Waals surface area contributed by atoms with Gasteiger partial charge in [0.1, 0.15) is 11.6 Å². The average Bonchev–Trinajstić information content (AvgIpc) is 2.50. The molecule has 1 amide bonds. The van der Waals surface area contributed by atoms with Crippen molar-refractivity contribution in [1.29, 1.82) is 0 Å². The molecule has 5 nitrogen and oxygen atoms in total. The number of hydrogen-bond donors (Lipinski definition) is 2. The minimum atomic E-state index is -0.901. The van der Waals surface area contributed by atoms with Gasteiger partial charge >= 0.3 is 0 Å². The van der Waals surface area contributed by atoms with Crippen molar-refractivity contribution in [2.24, 2.45) is 0 Å². The quantitative estimate of drug-likeness (QED) is 0.763. The summed E-state index contributed by atoms with van der Waals surface area (Å²) in [4.78, 5) is 23.9. The molecular formula is C15H9F2N3O2. The number of carbonyl (C=O) groups is 1. The Balaban J connectivity index is 2.03. The number of amides is 1. The van der Waals surface area contributed by atoms with Crippen molar-refractivity contribution in [3.63, 3.8) is 0 Å². The van der Waals surface area contributed by atoms with Gasteiger partial charge in [0.05, 0.1) is 11.1 Å². The third-order valence-electron chi connectivity index (χ3n) is 3.09. The third-order valence-corrected chi connectivity index (χ3v) is 3.09. The van der Waals surface area contributed by atoms with Crippen LogP contribution in [0.4, 0.5) is 14.5 Å². The fourth-order valence-electron chi connectivity index (χ4n) is 2.06. The lowest BCUT2D eigenvalue weighted by molar-refractivity contribution is 0.102. The fourth-order valence-corrected chi connectivity index (χ4v) is 2.06. The van der Waals surface area contributed by atoms with E-state index in [9.17, 15) is 18.4 Å². The summed E-state index contributed by atoms with van der Waals surface area (Å²) in [6, 6.07) is 9.21. The molecule has 0 unspecified atom stereocenters. The predicted molar refractivity (Wildman–Crippen MR) is 76.7 cm³/mol. The summed E-state index contributed by atoms with van der Waals surface area (Å²) in [5.74, 6) is -2.36. The highest BCUT2D eigenvalue weighted by Gasteiger charge is 2.15. The molecule has 3 rings (SSSR count). The third kappa shape index (κ3) is 2.44. The van der Waals surface area contributed by atoms with Crippen molar-refractivity contribution in [2.45, 2.75) is 0 Å². The molecule has 0 saturated heterocycles. The van der Waals surface area contributed by atoms with Crippen LogP contribution in [0.3, 0.4) is 0 Å². The first-order valence-electron chi connectivity index (χ1n) is 6.30. The summed E-state index contributed by atoms with van der Waals surface area (Å²) in [6.45, 7) is 0. The molecule has 0 aliphatic carbocycles. The van der Waals surface area contributed by atoms with Crippen LogP contribution < -0.4 is 10.9 Å². The summed E-state index contributed by atoms with van der Waals surface area (Å²) in [7, 11) is 0. The van der Waals surface area contributed by atoms with E-state index in [1.165, 1.54) is 0 Å². The van der Waals surface area contributed by atoms with E-state index in [0.29, 0.717) is 16.8 Å². The number of halogens is 2. The number of rotatable bonds is 2. The molecule has 2 N–H and O–H groups in total. The molecule has 0 aliphatic heterocycles. The van der Waals surface area contributed by atoms with Gasteiger partial charge in [-0.15, -0.1) is 0 Å². The van der Waals surface area contributed by atoms with E-state index in [2.05, 4.69) is 15.5 Å². The molecule has 0 atom stereocenters. The van der Waals surface area contributed by atoms with Crippen LogP contribution >= 0.6 is 0 Å². The molecule has 0 saturated carbocycles. The number of anilines is 1. The van der Waals surface area contributed by atoms with Crippen molar-refractivity contribution >= 4 is 22.4 Å². The van der Waals surface area contributed by atoms with Crippen molar-refractivity contribution < 1.29 is 13.6 Å². The SMILES string of the molecule is O=C(Nc1ccc(F)cc1F)c1n[nH]c(=O)c2ccccc12. The Kier molecular flexibility index (Phi) is 3.38. The number of carbonyl (C=O) groups excluding carboxylic acids is 1. The average molecular weight is 301 g/mol. The molecular weight excluding hydrogens is 292 g/mol. The summed E-state index contributed by atoms with van der Waals surface area (Å²) in [6.07, 6.45) is 0. The zero-order chi connectivity index (χ0) is 15.7. The van der Waals surface area contributed by atoms with Gasteiger partial charge in [-0.25, -0.2) is 13.9 Å². The minimum Gasteiger partial charge on any atom is -0.318 e. The first-order chi connectivity index (χ1) is 10.6. The standard InChI is InChI=1S/C15H9F2N3O2/c16-8-5-6-12(11(17)7-8)18-15(22)13-9-3-1-2-4-10(9)14(21)20-19-13/h1-7H,(H,18,22)(H,20,21). The summed E-state index contributed by atoms with van der Waals surface area (Å²) >= 11 is 0. The molecule has 0 bridgehead atoms. The number of nitrogens with zero attached hydrogens (tertiary/aromatic N) is 1. The van der Waals surface area contributed by atoms with Gasteiger partial charge in [0.2, 0.25) is 0 Å². The lowest BCUT2D eigenvalue weighted by atomic mass is 10.1. The fraction of sp³-hybridized carbons (Fsp3) is 0. The van der Waals surface area contributed by atoms with Crippen molar-refractivity contribution in [3.05, 3.63) is 70.1 Å². The Morgan fingerprint density at radius 2 is 1.82 bits per heavy atom. The van der Waals surface area contributed by atoms with Gasteiger partial charge in [-0.05, 0) is 18.2 Å². The van der Waals surface area contributed by atoms with Gasteiger partial charge in [-0.1, -0.05) is 18.2 Å². The zero-order valence-electron chi connectivity index (χ0n) is 11.1. The molecule has 0 spiro atoms. The monoisotopic (exact) mass is 301 g/mol. The molecule has 1 heterocycles. The van der Waals surface area contributed by atoms with E-state index >= 15 is 0 Å². The molecule has 7 heteroatoms. The summed E-state index contributed by atoms with van der Waals surface area (Å²) in [5.41, 5.74) is -0.664. The Morgan fingerprint density at radius 1 is 1.09 bits per heavy atom. The maximum Gasteiger partial charge on any atom is 0.276 e. The first-order valence-corrected chi connectivity index (χ1v) is 6.30. The maximum atomic E-state index is 13.6. The minimum absolute atomic E-state index is 0.0566. The van der Waals surface area contributed by atoms with Crippen LogP contribution in [0.1, 0.15) is 10.5 Å². The second-order valence-corrected chi connectivity index (χ2v) is 4.53. The van der Waals surface area contributed by atoms with Crippen LogP contribution in [0.25, 0.3) is 10.8 Å². The number of nitrogens with one attached hydrogen (secondary N) is 2. The number of H-pyrrole nitrogens is 1. The van der Waals surface area contributed by atoms with Gasteiger partial charge in [-0.3, -0.25) is 9.59 Å². The van der Waals surface area contributed by atoms with Crippen molar-refractivity contribution in [2.75, 3.05) is 5.32 Å². The molecule has 2 aromatic carbocycles. The van der Waals surface area contributed by atoms with E-state index < -0.39 is 23.1 Å².